The van der Waals surface area contributed by atoms with Gasteiger partial charge in [-0.2, -0.15) is 0 Å². The van der Waals surface area contributed by atoms with Gasteiger partial charge in [-0.3, -0.25) is 0 Å². The predicted octanol–water partition coefficient (Wildman–Crippen LogP) is 2.42. The lowest BCUT2D eigenvalue weighted by Crippen LogP contribution is -2.31. The Kier molecular flexibility index (Phi) is 6.22. The molecule has 4 heteroatoms. The average Bonchev–Trinajstić information content (AvgIpc) is 2.34. The largest absolute Gasteiger partial charge is 0.338 e. The maximum atomic E-state index is 11.7. The molecule has 0 saturated carbocycles. The summed E-state index contributed by atoms with van der Waals surface area (Å²) in [6, 6.07) is 5.84. The molecule has 0 aliphatic carbocycles. The first-order chi connectivity index (χ1) is 8.65. The van der Waals surface area contributed by atoms with Crippen molar-refractivity contribution >= 4 is 11.7 Å². The van der Waals surface area contributed by atoms with Crippen LogP contribution in [0.15, 0.2) is 18.2 Å². The first-order valence-electron chi connectivity index (χ1n) is 6.47. The number of carbonyl (C=O) groups excluding carboxylic acids is 1. The monoisotopic (exact) mass is 249 g/mol. The van der Waals surface area contributed by atoms with Crippen molar-refractivity contribution in [2.75, 3.05) is 25.0 Å². The van der Waals surface area contributed by atoms with E-state index in [0.717, 1.165) is 36.3 Å². The number of rotatable bonds is 6. The summed E-state index contributed by atoms with van der Waals surface area (Å²) in [5.74, 6) is 0. The third-order valence-electron chi connectivity index (χ3n) is 2.79. The molecule has 18 heavy (non-hydrogen) atoms. The van der Waals surface area contributed by atoms with E-state index in [-0.39, 0.29) is 6.03 Å². The van der Waals surface area contributed by atoms with Crippen LogP contribution in [0.2, 0.25) is 0 Å². The number of urea groups is 1. The molecule has 1 aromatic rings. The SMILES string of the molecule is CCNCCCNC(=O)Nc1c(C)cccc1C. The molecule has 1 aromatic carbocycles. The van der Waals surface area contributed by atoms with Gasteiger partial charge in [0, 0.05) is 12.2 Å². The molecule has 0 heterocycles. The average molecular weight is 249 g/mol. The van der Waals surface area contributed by atoms with Gasteiger partial charge in [-0.15, -0.1) is 0 Å². The van der Waals surface area contributed by atoms with Gasteiger partial charge in [0.15, 0.2) is 0 Å². The Hall–Kier alpha value is -1.55. The highest BCUT2D eigenvalue weighted by Crippen LogP contribution is 2.18. The fraction of sp³-hybridized carbons (Fsp3) is 0.500. The maximum absolute atomic E-state index is 11.7. The minimum Gasteiger partial charge on any atom is -0.338 e. The van der Waals surface area contributed by atoms with Crippen LogP contribution >= 0.6 is 0 Å². The van der Waals surface area contributed by atoms with E-state index in [9.17, 15) is 4.79 Å². The van der Waals surface area contributed by atoms with Crippen molar-refractivity contribution in [1.82, 2.24) is 10.6 Å². The van der Waals surface area contributed by atoms with Crippen LogP contribution in [-0.2, 0) is 0 Å². The number of hydrogen-bond acceptors (Lipinski definition) is 2. The second kappa shape index (κ2) is 7.71. The number of benzene rings is 1. The fourth-order valence-corrected chi connectivity index (χ4v) is 1.76. The molecule has 0 aromatic heterocycles. The lowest BCUT2D eigenvalue weighted by atomic mass is 10.1. The summed E-state index contributed by atoms with van der Waals surface area (Å²) in [7, 11) is 0. The van der Waals surface area contributed by atoms with E-state index in [0.29, 0.717) is 6.54 Å². The van der Waals surface area contributed by atoms with Gasteiger partial charge in [0.05, 0.1) is 0 Å². The van der Waals surface area contributed by atoms with Crippen molar-refractivity contribution in [3.05, 3.63) is 29.3 Å². The minimum atomic E-state index is -0.135. The zero-order valence-corrected chi connectivity index (χ0v) is 11.5. The third kappa shape index (κ3) is 4.75. The van der Waals surface area contributed by atoms with Crippen LogP contribution in [0.25, 0.3) is 0 Å². The lowest BCUT2D eigenvalue weighted by molar-refractivity contribution is 0.252. The van der Waals surface area contributed by atoms with E-state index in [1.807, 2.05) is 32.0 Å². The van der Waals surface area contributed by atoms with Crippen molar-refractivity contribution < 1.29 is 4.79 Å². The highest BCUT2D eigenvalue weighted by atomic mass is 16.2. The molecule has 0 aliphatic rings. The van der Waals surface area contributed by atoms with Crippen LogP contribution in [0.3, 0.4) is 0 Å². The summed E-state index contributed by atoms with van der Waals surface area (Å²) >= 11 is 0. The van der Waals surface area contributed by atoms with Crippen molar-refractivity contribution in [2.45, 2.75) is 27.2 Å². The molecule has 0 atom stereocenters. The third-order valence-corrected chi connectivity index (χ3v) is 2.79. The van der Waals surface area contributed by atoms with E-state index in [1.54, 1.807) is 0 Å². The number of anilines is 1. The zero-order chi connectivity index (χ0) is 13.4. The summed E-state index contributed by atoms with van der Waals surface area (Å²) in [5, 5.41) is 8.97. The van der Waals surface area contributed by atoms with Crippen LogP contribution < -0.4 is 16.0 Å². The van der Waals surface area contributed by atoms with Gasteiger partial charge in [-0.1, -0.05) is 25.1 Å². The standard InChI is InChI=1S/C14H23N3O/c1-4-15-9-6-10-16-14(18)17-13-11(2)7-5-8-12(13)3/h5,7-8,15H,4,6,9-10H2,1-3H3,(H2,16,17,18). The first-order valence-corrected chi connectivity index (χ1v) is 6.47. The topological polar surface area (TPSA) is 53.2 Å². The van der Waals surface area contributed by atoms with Gasteiger partial charge in [-0.25, -0.2) is 4.79 Å². The molecule has 1 rings (SSSR count). The molecule has 0 unspecified atom stereocenters. The fourth-order valence-electron chi connectivity index (χ4n) is 1.76. The molecule has 0 aliphatic heterocycles. The van der Waals surface area contributed by atoms with E-state index in [1.165, 1.54) is 0 Å². The minimum absolute atomic E-state index is 0.135. The van der Waals surface area contributed by atoms with Gasteiger partial charge in [0.1, 0.15) is 0 Å². The molecule has 0 bridgehead atoms. The summed E-state index contributed by atoms with van der Waals surface area (Å²) in [5.41, 5.74) is 3.07. The Balaban J connectivity index is 2.36. The molecule has 3 N–H and O–H groups in total. The summed E-state index contributed by atoms with van der Waals surface area (Å²) in [6.45, 7) is 8.64. The summed E-state index contributed by atoms with van der Waals surface area (Å²) in [6.07, 6.45) is 0.939. The Labute approximate surface area is 109 Å². The molecule has 0 radical (unpaired) electrons. The number of amides is 2. The van der Waals surface area contributed by atoms with Crippen molar-refractivity contribution in [3.63, 3.8) is 0 Å². The van der Waals surface area contributed by atoms with Crippen molar-refractivity contribution in [3.8, 4) is 0 Å². The second-order valence-electron chi connectivity index (χ2n) is 4.35. The molecule has 0 spiro atoms. The van der Waals surface area contributed by atoms with Gasteiger partial charge in [-0.05, 0) is 44.5 Å². The highest BCUT2D eigenvalue weighted by molar-refractivity contribution is 5.90. The first kappa shape index (κ1) is 14.5. The van der Waals surface area contributed by atoms with E-state index >= 15 is 0 Å². The maximum Gasteiger partial charge on any atom is 0.319 e. The zero-order valence-electron chi connectivity index (χ0n) is 11.5. The van der Waals surface area contributed by atoms with Crippen LogP contribution in [-0.4, -0.2) is 25.7 Å². The van der Waals surface area contributed by atoms with Gasteiger partial charge in [0.2, 0.25) is 0 Å². The normalized spacial score (nSPS) is 10.2. The lowest BCUT2D eigenvalue weighted by Gasteiger charge is -2.12. The number of carbonyl (C=O) groups is 1. The van der Waals surface area contributed by atoms with Crippen molar-refractivity contribution in [2.24, 2.45) is 0 Å². The molecule has 4 nitrogen and oxygen atoms in total. The summed E-state index contributed by atoms with van der Waals surface area (Å²) < 4.78 is 0. The highest BCUT2D eigenvalue weighted by Gasteiger charge is 2.05. The summed E-state index contributed by atoms with van der Waals surface area (Å²) in [4.78, 5) is 11.7. The van der Waals surface area contributed by atoms with Gasteiger partial charge >= 0.3 is 6.03 Å². The Bertz CT molecular complexity index is 370. The molecular weight excluding hydrogens is 226 g/mol. The molecular formula is C14H23N3O. The Morgan fingerprint density at radius 3 is 2.44 bits per heavy atom. The Morgan fingerprint density at radius 2 is 1.83 bits per heavy atom. The molecule has 0 fully saturated rings. The smallest absolute Gasteiger partial charge is 0.319 e. The van der Waals surface area contributed by atoms with E-state index in [4.69, 9.17) is 0 Å². The van der Waals surface area contributed by atoms with Crippen LogP contribution in [0.5, 0.6) is 0 Å². The number of aryl methyl sites for hydroxylation is 2. The number of para-hydroxylation sites is 1. The number of hydrogen-bond donors (Lipinski definition) is 3. The van der Waals surface area contributed by atoms with Crippen molar-refractivity contribution in [1.29, 1.82) is 0 Å². The van der Waals surface area contributed by atoms with Gasteiger partial charge < -0.3 is 16.0 Å². The molecule has 100 valence electrons. The van der Waals surface area contributed by atoms with Gasteiger partial charge in [0.25, 0.3) is 0 Å². The molecule has 2 amide bonds. The molecule has 0 saturated heterocycles. The quantitative estimate of drug-likeness (QED) is 0.678. The predicted molar refractivity (Wildman–Crippen MR) is 76.1 cm³/mol. The van der Waals surface area contributed by atoms with Crippen LogP contribution in [0.4, 0.5) is 10.5 Å². The van der Waals surface area contributed by atoms with E-state index in [2.05, 4.69) is 22.9 Å². The van der Waals surface area contributed by atoms with E-state index < -0.39 is 0 Å². The Morgan fingerprint density at radius 1 is 1.17 bits per heavy atom. The van der Waals surface area contributed by atoms with Crippen LogP contribution in [0.1, 0.15) is 24.5 Å². The second-order valence-corrected chi connectivity index (χ2v) is 4.35. The van der Waals surface area contributed by atoms with Crippen LogP contribution in [0, 0.1) is 13.8 Å². The number of nitrogens with one attached hydrogen (secondary N) is 3.